The van der Waals surface area contributed by atoms with Gasteiger partial charge in [-0.25, -0.2) is 13.2 Å². The van der Waals surface area contributed by atoms with Crippen molar-refractivity contribution in [3.8, 4) is 0 Å². The fourth-order valence-electron chi connectivity index (χ4n) is 1.91. The van der Waals surface area contributed by atoms with Crippen molar-refractivity contribution >= 4 is 15.8 Å². The molecule has 0 amide bonds. The van der Waals surface area contributed by atoms with Crippen LogP contribution in [0.25, 0.3) is 0 Å². The molecule has 20 heavy (non-hydrogen) atoms. The molecule has 5 nitrogen and oxygen atoms in total. The first-order chi connectivity index (χ1) is 9.22. The molecule has 0 aliphatic carbocycles. The zero-order valence-corrected chi connectivity index (χ0v) is 12.9. The van der Waals surface area contributed by atoms with E-state index in [9.17, 15) is 13.2 Å². The molecule has 1 rings (SSSR count). The van der Waals surface area contributed by atoms with Crippen LogP contribution in [-0.2, 0) is 9.84 Å². The highest BCUT2D eigenvalue weighted by Crippen LogP contribution is 2.13. The minimum atomic E-state index is -3.37. The summed E-state index contributed by atoms with van der Waals surface area (Å²) in [6.45, 7) is 5.46. The first kappa shape index (κ1) is 16.7. The third-order valence-corrected chi connectivity index (χ3v) is 4.59. The van der Waals surface area contributed by atoms with Crippen LogP contribution in [0.5, 0.6) is 0 Å². The van der Waals surface area contributed by atoms with Crippen LogP contribution < -0.4 is 0 Å². The molecule has 0 fully saturated rings. The molecule has 0 aliphatic heterocycles. The highest BCUT2D eigenvalue weighted by atomic mass is 32.2. The second-order valence-electron chi connectivity index (χ2n) is 5.30. The van der Waals surface area contributed by atoms with Gasteiger partial charge in [0, 0.05) is 13.1 Å². The molecule has 0 aliphatic rings. The number of rotatable bonds is 7. The number of hydrogen-bond donors (Lipinski definition) is 1. The Morgan fingerprint density at radius 1 is 1.25 bits per heavy atom. The molecule has 1 aromatic carbocycles. The highest BCUT2D eigenvalue weighted by Gasteiger charge is 2.16. The number of carbonyl (C=O) groups is 1. The lowest BCUT2D eigenvalue weighted by Crippen LogP contribution is -2.29. The number of aromatic carboxylic acids is 1. The summed E-state index contributed by atoms with van der Waals surface area (Å²) in [6, 6.07) is 5.32. The van der Waals surface area contributed by atoms with Gasteiger partial charge in [-0.1, -0.05) is 13.8 Å². The van der Waals surface area contributed by atoms with E-state index in [0.29, 0.717) is 12.5 Å². The quantitative estimate of drug-likeness (QED) is 0.830. The standard InChI is InChI=1S/C14H21NO4S/c1-11(2)10-15(3)8-9-20(18,19)13-6-4-12(5-7-13)14(16)17/h4-7,11H,8-10H2,1-3H3,(H,16,17). The van der Waals surface area contributed by atoms with Crippen LogP contribution in [0.15, 0.2) is 29.2 Å². The van der Waals surface area contributed by atoms with E-state index < -0.39 is 15.8 Å². The molecule has 0 saturated heterocycles. The average Bonchev–Trinajstić information content (AvgIpc) is 2.36. The van der Waals surface area contributed by atoms with E-state index in [2.05, 4.69) is 13.8 Å². The van der Waals surface area contributed by atoms with Crippen molar-refractivity contribution in [3.05, 3.63) is 29.8 Å². The van der Waals surface area contributed by atoms with Crippen molar-refractivity contribution < 1.29 is 18.3 Å². The predicted octanol–water partition coefficient (Wildman–Crippen LogP) is 1.75. The molecule has 112 valence electrons. The monoisotopic (exact) mass is 299 g/mol. The number of benzene rings is 1. The first-order valence-corrected chi connectivity index (χ1v) is 8.12. The second kappa shape index (κ2) is 6.85. The van der Waals surface area contributed by atoms with Gasteiger partial charge < -0.3 is 10.0 Å². The summed E-state index contributed by atoms with van der Waals surface area (Å²) < 4.78 is 24.3. The number of sulfone groups is 1. The van der Waals surface area contributed by atoms with Crippen LogP contribution in [0.4, 0.5) is 0 Å². The van der Waals surface area contributed by atoms with E-state index >= 15 is 0 Å². The van der Waals surface area contributed by atoms with Gasteiger partial charge in [0.15, 0.2) is 9.84 Å². The predicted molar refractivity (Wildman–Crippen MR) is 77.8 cm³/mol. The van der Waals surface area contributed by atoms with Gasteiger partial charge >= 0.3 is 5.97 Å². The summed E-state index contributed by atoms with van der Waals surface area (Å²) in [5.41, 5.74) is 0.0841. The Hall–Kier alpha value is -1.40. The number of carboxylic acids is 1. The van der Waals surface area contributed by atoms with Gasteiger partial charge in [0.05, 0.1) is 16.2 Å². The fraction of sp³-hybridized carbons (Fsp3) is 0.500. The maximum absolute atomic E-state index is 12.1. The molecule has 0 heterocycles. The van der Waals surface area contributed by atoms with Crippen LogP contribution in [-0.4, -0.2) is 50.3 Å². The Morgan fingerprint density at radius 2 is 1.80 bits per heavy atom. The Labute approximate surface area is 120 Å². The highest BCUT2D eigenvalue weighted by molar-refractivity contribution is 7.91. The lowest BCUT2D eigenvalue weighted by Gasteiger charge is -2.18. The van der Waals surface area contributed by atoms with Crippen LogP contribution in [0.1, 0.15) is 24.2 Å². The third-order valence-electron chi connectivity index (χ3n) is 2.88. The van der Waals surface area contributed by atoms with Crippen LogP contribution >= 0.6 is 0 Å². The average molecular weight is 299 g/mol. The molecule has 0 unspecified atom stereocenters. The van der Waals surface area contributed by atoms with Crippen LogP contribution in [0.3, 0.4) is 0 Å². The van der Waals surface area contributed by atoms with Crippen molar-refractivity contribution in [1.82, 2.24) is 4.90 Å². The Morgan fingerprint density at radius 3 is 2.25 bits per heavy atom. The van der Waals surface area contributed by atoms with E-state index in [1.807, 2.05) is 11.9 Å². The molecule has 0 bridgehead atoms. The second-order valence-corrected chi connectivity index (χ2v) is 7.41. The molecule has 0 aromatic heterocycles. The SMILES string of the molecule is CC(C)CN(C)CCS(=O)(=O)c1ccc(C(=O)O)cc1. The summed E-state index contributed by atoms with van der Waals surface area (Å²) in [5, 5.41) is 8.78. The van der Waals surface area contributed by atoms with Crippen molar-refractivity contribution in [2.24, 2.45) is 5.92 Å². The van der Waals surface area contributed by atoms with E-state index in [1.54, 1.807) is 0 Å². The lowest BCUT2D eigenvalue weighted by molar-refractivity contribution is 0.0696. The molecule has 0 radical (unpaired) electrons. The van der Waals surface area contributed by atoms with Crippen molar-refractivity contribution in [2.75, 3.05) is 25.9 Å². The molecule has 6 heteroatoms. The van der Waals surface area contributed by atoms with Gasteiger partial charge in [-0.05, 0) is 37.2 Å². The number of hydrogen-bond acceptors (Lipinski definition) is 4. The Balaban J connectivity index is 2.71. The van der Waals surface area contributed by atoms with Gasteiger partial charge in [-0.2, -0.15) is 0 Å². The van der Waals surface area contributed by atoms with Crippen molar-refractivity contribution in [1.29, 1.82) is 0 Å². The van der Waals surface area contributed by atoms with Gasteiger partial charge in [0.1, 0.15) is 0 Å². The summed E-state index contributed by atoms with van der Waals surface area (Å²) in [7, 11) is -1.48. The maximum atomic E-state index is 12.1. The van der Waals surface area contributed by atoms with Gasteiger partial charge in [-0.15, -0.1) is 0 Å². The van der Waals surface area contributed by atoms with E-state index in [4.69, 9.17) is 5.11 Å². The van der Waals surface area contributed by atoms with E-state index in [1.165, 1.54) is 24.3 Å². The molecule has 0 spiro atoms. The summed E-state index contributed by atoms with van der Waals surface area (Å²) in [4.78, 5) is 12.9. The van der Waals surface area contributed by atoms with Crippen LogP contribution in [0, 0.1) is 5.92 Å². The summed E-state index contributed by atoms with van der Waals surface area (Å²) >= 11 is 0. The summed E-state index contributed by atoms with van der Waals surface area (Å²) in [6.07, 6.45) is 0. The van der Waals surface area contributed by atoms with E-state index in [0.717, 1.165) is 6.54 Å². The molecule has 0 saturated carbocycles. The smallest absolute Gasteiger partial charge is 0.335 e. The molecular weight excluding hydrogens is 278 g/mol. The summed E-state index contributed by atoms with van der Waals surface area (Å²) in [5.74, 6) is -0.550. The first-order valence-electron chi connectivity index (χ1n) is 6.47. The minimum absolute atomic E-state index is 0.0304. The normalized spacial score (nSPS) is 12.1. The fourth-order valence-corrected chi connectivity index (χ4v) is 3.25. The Kier molecular flexibility index (Phi) is 5.71. The van der Waals surface area contributed by atoms with Gasteiger partial charge in [-0.3, -0.25) is 0 Å². The Bertz CT molecular complexity index is 549. The largest absolute Gasteiger partial charge is 0.478 e. The molecule has 1 N–H and O–H groups in total. The zero-order chi connectivity index (χ0) is 15.3. The molecule has 1 aromatic rings. The third kappa shape index (κ3) is 4.94. The zero-order valence-electron chi connectivity index (χ0n) is 12.0. The molecule has 0 atom stereocenters. The number of carboxylic acid groups (broad SMARTS) is 1. The lowest BCUT2D eigenvalue weighted by atomic mass is 10.2. The topological polar surface area (TPSA) is 74.7 Å². The van der Waals surface area contributed by atoms with Crippen molar-refractivity contribution in [2.45, 2.75) is 18.7 Å². The molecular formula is C14H21NO4S. The maximum Gasteiger partial charge on any atom is 0.335 e. The minimum Gasteiger partial charge on any atom is -0.478 e. The van der Waals surface area contributed by atoms with Crippen LogP contribution in [0.2, 0.25) is 0 Å². The van der Waals surface area contributed by atoms with Gasteiger partial charge in [0.2, 0.25) is 0 Å². The van der Waals surface area contributed by atoms with Gasteiger partial charge in [0.25, 0.3) is 0 Å². The number of nitrogens with zero attached hydrogens (tertiary/aromatic N) is 1. The van der Waals surface area contributed by atoms with Crippen molar-refractivity contribution in [3.63, 3.8) is 0 Å². The van der Waals surface area contributed by atoms with E-state index in [-0.39, 0.29) is 16.2 Å².